The molecular weight excluding hydrogens is 278 g/mol. The number of aromatic amines is 1. The number of nitrogens with zero attached hydrogens (tertiary/aromatic N) is 2. The number of fused-ring (bicyclic) bond motifs is 1. The number of para-hydroxylation sites is 1. The van der Waals surface area contributed by atoms with Crippen molar-refractivity contribution in [2.75, 3.05) is 20.6 Å². The van der Waals surface area contributed by atoms with E-state index in [1.165, 1.54) is 0 Å². The summed E-state index contributed by atoms with van der Waals surface area (Å²) in [6.07, 6.45) is 0. The summed E-state index contributed by atoms with van der Waals surface area (Å²) in [7, 11) is 4.16. The maximum absolute atomic E-state index is 6.36. The fourth-order valence-corrected chi connectivity index (χ4v) is 3.02. The topological polar surface area (TPSA) is 24.0 Å². The molecule has 0 fully saturated rings. The van der Waals surface area contributed by atoms with E-state index in [0.717, 1.165) is 27.4 Å². The van der Waals surface area contributed by atoms with Crippen molar-refractivity contribution in [1.29, 1.82) is 0 Å². The van der Waals surface area contributed by atoms with Gasteiger partial charge in [-0.1, -0.05) is 31.5 Å². The molecule has 2 aromatic rings. The zero-order chi connectivity index (χ0) is 14.2. The molecule has 1 aromatic heterocycles. The van der Waals surface area contributed by atoms with Crippen molar-refractivity contribution >= 4 is 34.9 Å². The Morgan fingerprint density at radius 3 is 2.63 bits per heavy atom. The van der Waals surface area contributed by atoms with E-state index in [2.05, 4.69) is 42.4 Å². The minimum absolute atomic E-state index is 0.302. The van der Waals surface area contributed by atoms with Crippen LogP contribution in [0.3, 0.4) is 0 Å². The molecule has 0 spiro atoms. The standard InChI is InChI=1S/C14H20ClN3S/c1-9(2)12(8-17(3)4)18-13-10(15)6-5-7-11(13)16-14(18)19/h5-7,9,12H,8H2,1-4H3,(H,16,19). The molecule has 1 aromatic carbocycles. The molecule has 0 saturated heterocycles. The Labute approximate surface area is 124 Å². The lowest BCUT2D eigenvalue weighted by molar-refractivity contribution is 0.272. The van der Waals surface area contributed by atoms with Gasteiger partial charge < -0.3 is 14.5 Å². The van der Waals surface area contributed by atoms with E-state index in [4.69, 9.17) is 23.8 Å². The van der Waals surface area contributed by atoms with Crippen LogP contribution < -0.4 is 0 Å². The number of imidazole rings is 1. The van der Waals surface area contributed by atoms with E-state index in [-0.39, 0.29) is 0 Å². The third kappa shape index (κ3) is 2.86. The van der Waals surface area contributed by atoms with Gasteiger partial charge in [0.2, 0.25) is 0 Å². The number of benzene rings is 1. The first-order chi connectivity index (χ1) is 8.91. The number of H-pyrrole nitrogens is 1. The van der Waals surface area contributed by atoms with Crippen molar-refractivity contribution in [2.24, 2.45) is 5.92 Å². The van der Waals surface area contributed by atoms with Crippen molar-refractivity contribution in [3.63, 3.8) is 0 Å². The second kappa shape index (κ2) is 5.65. The molecule has 0 aliphatic carbocycles. The van der Waals surface area contributed by atoms with Crippen LogP contribution >= 0.6 is 23.8 Å². The summed E-state index contributed by atoms with van der Waals surface area (Å²) in [5, 5.41) is 0.745. The molecule has 2 rings (SSSR count). The molecule has 1 atom stereocenters. The molecule has 3 nitrogen and oxygen atoms in total. The summed E-state index contributed by atoms with van der Waals surface area (Å²) in [6.45, 7) is 5.36. The Morgan fingerprint density at radius 1 is 1.37 bits per heavy atom. The van der Waals surface area contributed by atoms with Gasteiger partial charge in [-0.3, -0.25) is 0 Å². The average Bonchev–Trinajstić information content (AvgIpc) is 2.63. The smallest absolute Gasteiger partial charge is 0.178 e. The molecule has 104 valence electrons. The summed E-state index contributed by atoms with van der Waals surface area (Å²) in [4.78, 5) is 5.43. The van der Waals surface area contributed by atoms with Gasteiger partial charge in [0.15, 0.2) is 4.77 Å². The fourth-order valence-electron chi connectivity index (χ4n) is 2.42. The third-order valence-corrected chi connectivity index (χ3v) is 3.95. The van der Waals surface area contributed by atoms with Crippen LogP contribution in [0.4, 0.5) is 0 Å². The molecule has 0 amide bonds. The largest absolute Gasteiger partial charge is 0.331 e. The van der Waals surface area contributed by atoms with Gasteiger partial charge in [0.05, 0.1) is 22.1 Å². The lowest BCUT2D eigenvalue weighted by Crippen LogP contribution is -2.28. The normalized spacial score (nSPS) is 13.6. The van der Waals surface area contributed by atoms with Crippen molar-refractivity contribution in [3.05, 3.63) is 28.0 Å². The SMILES string of the molecule is CC(C)C(CN(C)C)n1c(=S)[nH]c2cccc(Cl)c21. The van der Waals surface area contributed by atoms with Gasteiger partial charge in [0.1, 0.15) is 0 Å². The molecule has 1 heterocycles. The Bertz CT molecular complexity index is 627. The number of nitrogens with one attached hydrogen (secondary N) is 1. The van der Waals surface area contributed by atoms with E-state index in [9.17, 15) is 0 Å². The van der Waals surface area contributed by atoms with Crippen molar-refractivity contribution in [2.45, 2.75) is 19.9 Å². The Morgan fingerprint density at radius 2 is 2.05 bits per heavy atom. The van der Waals surface area contributed by atoms with E-state index in [1.54, 1.807) is 0 Å². The van der Waals surface area contributed by atoms with Crippen LogP contribution in [-0.4, -0.2) is 35.1 Å². The molecule has 0 bridgehead atoms. The van der Waals surface area contributed by atoms with Crippen LogP contribution in [0.5, 0.6) is 0 Å². The lowest BCUT2D eigenvalue weighted by Gasteiger charge is -2.26. The summed E-state index contributed by atoms with van der Waals surface area (Å²) >= 11 is 11.9. The quantitative estimate of drug-likeness (QED) is 0.859. The molecule has 1 N–H and O–H groups in total. The minimum Gasteiger partial charge on any atom is -0.331 e. The highest BCUT2D eigenvalue weighted by Gasteiger charge is 2.21. The number of hydrogen-bond donors (Lipinski definition) is 1. The maximum Gasteiger partial charge on any atom is 0.178 e. The van der Waals surface area contributed by atoms with Crippen LogP contribution in [0.15, 0.2) is 18.2 Å². The number of aromatic nitrogens is 2. The molecular formula is C14H20ClN3S. The second-order valence-electron chi connectivity index (χ2n) is 5.51. The summed E-state index contributed by atoms with van der Waals surface area (Å²) < 4.78 is 2.90. The Hall–Kier alpha value is -0.840. The average molecular weight is 298 g/mol. The predicted octanol–water partition coefficient (Wildman–Crippen LogP) is 4.11. The van der Waals surface area contributed by atoms with Gasteiger partial charge in [-0.2, -0.15) is 0 Å². The first kappa shape index (κ1) is 14.6. The van der Waals surface area contributed by atoms with Crippen molar-refractivity contribution in [1.82, 2.24) is 14.5 Å². The highest BCUT2D eigenvalue weighted by molar-refractivity contribution is 7.71. The predicted molar refractivity (Wildman–Crippen MR) is 84.6 cm³/mol. The van der Waals surface area contributed by atoms with Gasteiger partial charge in [-0.05, 0) is 44.4 Å². The zero-order valence-electron chi connectivity index (χ0n) is 11.8. The van der Waals surface area contributed by atoms with Crippen molar-refractivity contribution in [3.8, 4) is 0 Å². The van der Waals surface area contributed by atoms with Gasteiger partial charge in [0.25, 0.3) is 0 Å². The number of halogens is 1. The van der Waals surface area contributed by atoms with E-state index >= 15 is 0 Å². The lowest BCUT2D eigenvalue weighted by atomic mass is 10.0. The van der Waals surface area contributed by atoms with Crippen LogP contribution in [0.1, 0.15) is 19.9 Å². The van der Waals surface area contributed by atoms with Crippen LogP contribution in [0, 0.1) is 10.7 Å². The fraction of sp³-hybridized carbons (Fsp3) is 0.500. The summed E-state index contributed by atoms with van der Waals surface area (Å²) in [5.41, 5.74) is 2.01. The first-order valence-corrected chi connectivity index (χ1v) is 7.24. The van der Waals surface area contributed by atoms with Crippen molar-refractivity contribution < 1.29 is 0 Å². The van der Waals surface area contributed by atoms with E-state index < -0.39 is 0 Å². The zero-order valence-corrected chi connectivity index (χ0v) is 13.3. The van der Waals surface area contributed by atoms with Gasteiger partial charge in [-0.25, -0.2) is 0 Å². The number of hydrogen-bond acceptors (Lipinski definition) is 2. The molecule has 1 unspecified atom stereocenters. The number of likely N-dealkylation sites (N-methyl/N-ethyl adjacent to an activating group) is 1. The van der Waals surface area contributed by atoms with Crippen LogP contribution in [-0.2, 0) is 0 Å². The Balaban J connectivity index is 2.65. The van der Waals surface area contributed by atoms with Crippen LogP contribution in [0.2, 0.25) is 5.02 Å². The van der Waals surface area contributed by atoms with Crippen LogP contribution in [0.25, 0.3) is 11.0 Å². The van der Waals surface area contributed by atoms with Gasteiger partial charge >= 0.3 is 0 Å². The minimum atomic E-state index is 0.302. The third-order valence-electron chi connectivity index (χ3n) is 3.34. The van der Waals surface area contributed by atoms with Gasteiger partial charge in [-0.15, -0.1) is 0 Å². The maximum atomic E-state index is 6.36. The summed E-state index contributed by atoms with van der Waals surface area (Å²) in [5.74, 6) is 0.476. The molecule has 0 aliphatic rings. The number of rotatable bonds is 4. The van der Waals surface area contributed by atoms with E-state index in [1.807, 2.05) is 18.2 Å². The molecule has 19 heavy (non-hydrogen) atoms. The molecule has 0 radical (unpaired) electrons. The highest BCUT2D eigenvalue weighted by Crippen LogP contribution is 2.29. The summed E-state index contributed by atoms with van der Waals surface area (Å²) in [6, 6.07) is 6.17. The first-order valence-electron chi connectivity index (χ1n) is 6.45. The van der Waals surface area contributed by atoms with E-state index in [0.29, 0.717) is 12.0 Å². The molecule has 0 saturated carbocycles. The molecule has 5 heteroatoms. The Kier molecular flexibility index (Phi) is 4.33. The van der Waals surface area contributed by atoms with Gasteiger partial charge in [0, 0.05) is 6.54 Å². The molecule has 0 aliphatic heterocycles. The monoisotopic (exact) mass is 297 g/mol. The second-order valence-corrected chi connectivity index (χ2v) is 6.30. The highest BCUT2D eigenvalue weighted by atomic mass is 35.5.